The molecule has 0 aliphatic carbocycles. The van der Waals surface area contributed by atoms with Crippen molar-refractivity contribution in [2.75, 3.05) is 33.3 Å². The van der Waals surface area contributed by atoms with Crippen molar-refractivity contribution in [3.63, 3.8) is 0 Å². The number of nitrogens with zero attached hydrogens (tertiary/aromatic N) is 3. The largest absolute Gasteiger partial charge is 0.394 e. The number of hydrogen-bond acceptors (Lipinski definition) is 5. The lowest BCUT2D eigenvalue weighted by molar-refractivity contribution is -0.147. The highest BCUT2D eigenvalue weighted by Crippen LogP contribution is 2.67. The number of carbonyl (C=O) groups excluding carboxylic acids is 3. The van der Waals surface area contributed by atoms with E-state index in [4.69, 9.17) is 0 Å². The van der Waals surface area contributed by atoms with Crippen molar-refractivity contribution >= 4 is 29.5 Å². The lowest BCUT2D eigenvalue weighted by Gasteiger charge is -2.41. The van der Waals surface area contributed by atoms with Gasteiger partial charge in [0.1, 0.15) is 6.04 Å². The molecule has 8 heteroatoms. The Morgan fingerprint density at radius 3 is 2.50 bits per heavy atom. The SMILES string of the molecule is C=CCN(C)C(=O)[C@@H]1[C@H]2C(=O)N([C@@H](CO)[C@@H](C)CC)C(C(=O)N(CC=C)CCCCC)C23CC[C@H]1S3. The van der Waals surface area contributed by atoms with Crippen molar-refractivity contribution in [3.8, 4) is 0 Å². The van der Waals surface area contributed by atoms with Crippen molar-refractivity contribution in [3.05, 3.63) is 25.3 Å². The molecule has 2 bridgehead atoms. The highest BCUT2D eigenvalue weighted by molar-refractivity contribution is 8.02. The predicted molar refractivity (Wildman–Crippen MR) is 145 cm³/mol. The molecule has 3 heterocycles. The van der Waals surface area contributed by atoms with E-state index < -0.39 is 28.7 Å². The summed E-state index contributed by atoms with van der Waals surface area (Å²) in [4.78, 5) is 47.4. The van der Waals surface area contributed by atoms with Gasteiger partial charge in [0, 0.05) is 31.9 Å². The molecule has 7 atom stereocenters. The normalized spacial score (nSPS) is 30.1. The Balaban J connectivity index is 2.07. The van der Waals surface area contributed by atoms with Gasteiger partial charge in [-0.15, -0.1) is 24.9 Å². The fraction of sp³-hybridized carbons (Fsp3) is 0.750. The van der Waals surface area contributed by atoms with E-state index in [0.717, 1.165) is 38.5 Å². The van der Waals surface area contributed by atoms with Crippen molar-refractivity contribution in [1.29, 1.82) is 0 Å². The van der Waals surface area contributed by atoms with Gasteiger partial charge in [-0.25, -0.2) is 0 Å². The molecular formula is C28H45N3O4S. The zero-order valence-electron chi connectivity index (χ0n) is 22.5. The standard InChI is InChI=1S/C28H45N3O4S/c1-7-11-12-17-30(16-9-3)27(35)24-28-14-13-21(36-28)22(25(33)29(6)15-8-2)23(28)26(34)31(24)20(18-32)19(5)10-4/h8-9,19-24,32H,2-3,7,10-18H2,1,4-6H3/t19-,20-,21+,22-,23-,24?,28?/m0/s1. The molecule has 3 aliphatic heterocycles. The number of unbranched alkanes of at least 4 members (excludes halogenated alkanes) is 2. The molecule has 0 radical (unpaired) electrons. The summed E-state index contributed by atoms with van der Waals surface area (Å²) in [6.45, 7) is 15.1. The van der Waals surface area contributed by atoms with E-state index in [1.807, 2.05) is 18.7 Å². The highest BCUT2D eigenvalue weighted by atomic mass is 32.2. The maximum Gasteiger partial charge on any atom is 0.247 e. The number of thioether (sulfide) groups is 1. The van der Waals surface area contributed by atoms with E-state index >= 15 is 0 Å². The van der Waals surface area contributed by atoms with Crippen LogP contribution >= 0.6 is 11.8 Å². The Morgan fingerprint density at radius 2 is 1.92 bits per heavy atom. The van der Waals surface area contributed by atoms with Gasteiger partial charge >= 0.3 is 0 Å². The number of hydrogen-bond donors (Lipinski definition) is 1. The van der Waals surface area contributed by atoms with Crippen molar-refractivity contribution in [2.45, 2.75) is 81.4 Å². The lowest BCUT2D eigenvalue weighted by atomic mass is 9.70. The maximum atomic E-state index is 14.3. The number of carbonyl (C=O) groups is 3. The molecule has 3 aliphatic rings. The number of rotatable bonds is 14. The molecule has 0 aromatic heterocycles. The minimum absolute atomic E-state index is 0.0252. The summed E-state index contributed by atoms with van der Waals surface area (Å²) < 4.78 is -0.640. The van der Waals surface area contributed by atoms with Gasteiger partial charge in [0.25, 0.3) is 0 Å². The quantitative estimate of drug-likeness (QED) is 0.281. The summed E-state index contributed by atoms with van der Waals surface area (Å²) in [7, 11) is 1.75. The smallest absolute Gasteiger partial charge is 0.247 e. The van der Waals surface area contributed by atoms with Gasteiger partial charge in [0.15, 0.2) is 0 Å². The van der Waals surface area contributed by atoms with Gasteiger partial charge in [-0.05, 0) is 25.2 Å². The third-order valence-corrected chi connectivity index (χ3v) is 10.5. The van der Waals surface area contributed by atoms with E-state index in [-0.39, 0.29) is 35.5 Å². The van der Waals surface area contributed by atoms with Gasteiger partial charge in [-0.1, -0.05) is 52.2 Å². The fourth-order valence-electron chi connectivity index (χ4n) is 6.53. The van der Waals surface area contributed by atoms with Crippen molar-refractivity contribution < 1.29 is 19.5 Å². The number of likely N-dealkylation sites (tertiary alicyclic amines) is 1. The third kappa shape index (κ3) is 4.87. The summed E-state index contributed by atoms with van der Waals surface area (Å²) in [5.74, 6) is -1.23. The van der Waals surface area contributed by atoms with Crippen LogP contribution in [0, 0.1) is 17.8 Å². The average Bonchev–Trinajstić information content (AvgIpc) is 3.51. The number of likely N-dealkylation sites (N-methyl/N-ethyl adjacent to an activating group) is 1. The molecule has 202 valence electrons. The monoisotopic (exact) mass is 519 g/mol. The molecule has 3 saturated heterocycles. The first-order valence-corrected chi connectivity index (χ1v) is 14.5. The Labute approximate surface area is 221 Å². The van der Waals surface area contributed by atoms with Crippen LogP contribution in [0.15, 0.2) is 25.3 Å². The van der Waals surface area contributed by atoms with E-state index in [0.29, 0.717) is 19.6 Å². The maximum absolute atomic E-state index is 14.3. The zero-order valence-corrected chi connectivity index (χ0v) is 23.3. The van der Waals surface area contributed by atoms with E-state index in [1.54, 1.807) is 40.8 Å². The molecule has 1 spiro atoms. The van der Waals surface area contributed by atoms with Gasteiger partial charge in [-0.3, -0.25) is 14.4 Å². The molecule has 0 aromatic carbocycles. The number of aliphatic hydroxyl groups excluding tert-OH is 1. The molecular weight excluding hydrogens is 474 g/mol. The first-order chi connectivity index (χ1) is 17.2. The molecule has 2 unspecified atom stereocenters. The van der Waals surface area contributed by atoms with Crippen LogP contribution in [-0.4, -0.2) is 92.9 Å². The molecule has 0 aromatic rings. The predicted octanol–water partition coefficient (Wildman–Crippen LogP) is 3.33. The van der Waals surface area contributed by atoms with Crippen LogP contribution in [-0.2, 0) is 14.4 Å². The molecule has 0 saturated carbocycles. The van der Waals surface area contributed by atoms with Crippen molar-refractivity contribution in [2.24, 2.45) is 17.8 Å². The summed E-state index contributed by atoms with van der Waals surface area (Å²) in [5, 5.41) is 10.5. The van der Waals surface area contributed by atoms with Gasteiger partial charge < -0.3 is 19.8 Å². The average molecular weight is 520 g/mol. The highest BCUT2D eigenvalue weighted by Gasteiger charge is 2.74. The fourth-order valence-corrected chi connectivity index (χ4v) is 8.73. The summed E-state index contributed by atoms with van der Waals surface area (Å²) in [5.41, 5.74) is 0. The summed E-state index contributed by atoms with van der Waals surface area (Å²) in [6, 6.07) is -1.14. The van der Waals surface area contributed by atoms with Crippen LogP contribution in [0.3, 0.4) is 0 Å². The van der Waals surface area contributed by atoms with Gasteiger partial charge in [-0.2, -0.15) is 0 Å². The number of aliphatic hydroxyl groups is 1. The van der Waals surface area contributed by atoms with Gasteiger partial charge in [0.05, 0.1) is 29.2 Å². The minimum atomic E-state index is -0.680. The number of fused-ring (bicyclic) bond motifs is 1. The van der Waals surface area contributed by atoms with Crippen LogP contribution < -0.4 is 0 Å². The first kappa shape index (κ1) is 28.8. The van der Waals surface area contributed by atoms with E-state index in [1.165, 1.54) is 0 Å². The van der Waals surface area contributed by atoms with E-state index in [9.17, 15) is 19.5 Å². The van der Waals surface area contributed by atoms with Crippen LogP contribution in [0.25, 0.3) is 0 Å². The summed E-state index contributed by atoms with van der Waals surface area (Å²) >= 11 is 1.69. The Hall–Kier alpha value is -1.80. The Morgan fingerprint density at radius 1 is 1.22 bits per heavy atom. The second-order valence-corrected chi connectivity index (χ2v) is 12.3. The second kappa shape index (κ2) is 12.2. The molecule has 3 amide bonds. The Kier molecular flexibility index (Phi) is 9.72. The van der Waals surface area contributed by atoms with Crippen LogP contribution in [0.1, 0.15) is 59.3 Å². The minimum Gasteiger partial charge on any atom is -0.394 e. The number of amides is 3. The zero-order chi connectivity index (χ0) is 26.6. The Bertz CT molecular complexity index is 851. The van der Waals surface area contributed by atoms with Crippen LogP contribution in [0.4, 0.5) is 0 Å². The third-order valence-electron chi connectivity index (χ3n) is 8.57. The molecule has 7 nitrogen and oxygen atoms in total. The van der Waals surface area contributed by atoms with Crippen LogP contribution in [0.2, 0.25) is 0 Å². The summed E-state index contributed by atoms with van der Waals surface area (Å²) in [6.07, 6.45) is 8.73. The van der Waals surface area contributed by atoms with Crippen molar-refractivity contribution in [1.82, 2.24) is 14.7 Å². The molecule has 1 N–H and O–H groups in total. The first-order valence-electron chi connectivity index (χ1n) is 13.6. The van der Waals surface area contributed by atoms with Gasteiger partial charge in [0.2, 0.25) is 17.7 Å². The molecule has 36 heavy (non-hydrogen) atoms. The molecule has 3 rings (SSSR count). The topological polar surface area (TPSA) is 81.2 Å². The molecule has 3 fully saturated rings. The van der Waals surface area contributed by atoms with E-state index in [2.05, 4.69) is 20.1 Å². The van der Waals surface area contributed by atoms with Crippen LogP contribution in [0.5, 0.6) is 0 Å². The lowest BCUT2D eigenvalue weighted by Crippen LogP contribution is -2.58. The second-order valence-electron chi connectivity index (χ2n) is 10.7.